The van der Waals surface area contributed by atoms with Gasteiger partial charge in [0.2, 0.25) is 0 Å². The van der Waals surface area contributed by atoms with Crippen molar-refractivity contribution in [2.24, 2.45) is 0 Å². The molecule has 3 heterocycles. The maximum absolute atomic E-state index is 4.26. The highest BCUT2D eigenvalue weighted by Gasteiger charge is 2.03. The molecule has 0 aliphatic carbocycles. The van der Waals surface area contributed by atoms with E-state index in [2.05, 4.69) is 31.3 Å². The van der Waals surface area contributed by atoms with Crippen LogP contribution in [0.3, 0.4) is 0 Å². The Hall–Kier alpha value is -2.14. The predicted octanol–water partition coefficient (Wildman–Crippen LogP) is 1.58. The van der Waals surface area contributed by atoms with Gasteiger partial charge in [0.15, 0.2) is 0 Å². The van der Waals surface area contributed by atoms with Gasteiger partial charge in [0.05, 0.1) is 6.33 Å². The molecule has 3 N–H and O–H groups in total. The summed E-state index contributed by atoms with van der Waals surface area (Å²) in [6.45, 7) is 1.59. The molecule has 3 rings (SSSR count). The minimum atomic E-state index is 0.785. The van der Waals surface area contributed by atoms with Gasteiger partial charge in [0.25, 0.3) is 0 Å². The highest BCUT2D eigenvalue weighted by Crippen LogP contribution is 2.15. The van der Waals surface area contributed by atoms with Crippen molar-refractivity contribution in [2.45, 2.75) is 13.1 Å². The van der Waals surface area contributed by atoms with Gasteiger partial charge in [-0.15, -0.1) is 0 Å². The summed E-state index contributed by atoms with van der Waals surface area (Å²) in [5, 5.41) is 4.53. The number of rotatable bonds is 4. The number of hydrogen-bond acceptors (Lipinski definition) is 3. The third-order valence-electron chi connectivity index (χ3n) is 2.72. The molecular weight excluding hydrogens is 214 g/mol. The van der Waals surface area contributed by atoms with Crippen LogP contribution in [0.1, 0.15) is 11.3 Å². The highest BCUT2D eigenvalue weighted by molar-refractivity contribution is 5.79. The van der Waals surface area contributed by atoms with Gasteiger partial charge in [-0.05, 0) is 17.7 Å². The second kappa shape index (κ2) is 4.39. The Morgan fingerprint density at radius 3 is 3.12 bits per heavy atom. The van der Waals surface area contributed by atoms with Crippen molar-refractivity contribution in [3.05, 3.63) is 48.3 Å². The average Bonchev–Trinajstić information content (AvgIpc) is 2.99. The zero-order valence-corrected chi connectivity index (χ0v) is 9.27. The van der Waals surface area contributed by atoms with E-state index in [1.807, 2.05) is 18.5 Å². The van der Waals surface area contributed by atoms with E-state index >= 15 is 0 Å². The standard InChI is InChI=1S/C12H13N5/c1-2-11-9(5-16-12(11)15-3-1)4-13-6-10-7-14-8-17-10/h1-3,5,7-8,13H,4,6H2,(H,14,17)(H,15,16). The Bertz CT molecular complexity index is 596. The molecule has 3 aromatic rings. The van der Waals surface area contributed by atoms with E-state index in [-0.39, 0.29) is 0 Å². The van der Waals surface area contributed by atoms with Crippen molar-refractivity contribution in [1.29, 1.82) is 0 Å². The molecular formula is C12H13N5. The number of hydrogen-bond donors (Lipinski definition) is 3. The third kappa shape index (κ3) is 2.05. The van der Waals surface area contributed by atoms with Gasteiger partial charge in [-0.1, -0.05) is 0 Å². The van der Waals surface area contributed by atoms with Crippen LogP contribution in [0.4, 0.5) is 0 Å². The first kappa shape index (κ1) is 10.0. The van der Waals surface area contributed by atoms with Crippen molar-refractivity contribution in [3.63, 3.8) is 0 Å². The fraction of sp³-hybridized carbons (Fsp3) is 0.167. The Labute approximate surface area is 98.3 Å². The zero-order chi connectivity index (χ0) is 11.5. The third-order valence-corrected chi connectivity index (χ3v) is 2.72. The van der Waals surface area contributed by atoms with Gasteiger partial charge < -0.3 is 15.3 Å². The molecule has 5 heteroatoms. The number of nitrogens with zero attached hydrogens (tertiary/aromatic N) is 2. The van der Waals surface area contributed by atoms with Crippen LogP contribution in [-0.2, 0) is 13.1 Å². The molecule has 0 unspecified atom stereocenters. The van der Waals surface area contributed by atoms with Crippen LogP contribution >= 0.6 is 0 Å². The Balaban J connectivity index is 1.69. The molecule has 0 amide bonds. The number of aromatic amines is 2. The summed E-state index contributed by atoms with van der Waals surface area (Å²) in [6.07, 6.45) is 7.30. The summed E-state index contributed by atoms with van der Waals surface area (Å²) in [5.74, 6) is 0. The summed E-state index contributed by atoms with van der Waals surface area (Å²) >= 11 is 0. The van der Waals surface area contributed by atoms with Crippen molar-refractivity contribution >= 4 is 11.0 Å². The molecule has 0 aromatic carbocycles. The lowest BCUT2D eigenvalue weighted by atomic mass is 10.2. The second-order valence-electron chi connectivity index (χ2n) is 3.89. The first-order valence-electron chi connectivity index (χ1n) is 5.52. The van der Waals surface area contributed by atoms with Crippen LogP contribution in [-0.4, -0.2) is 19.9 Å². The SMILES string of the molecule is c1cnc2[nH]cc(CNCc3cnc[nH]3)c2c1. The first-order chi connectivity index (χ1) is 8.43. The topological polar surface area (TPSA) is 69.4 Å². The van der Waals surface area contributed by atoms with Gasteiger partial charge in [-0.25, -0.2) is 9.97 Å². The smallest absolute Gasteiger partial charge is 0.137 e. The highest BCUT2D eigenvalue weighted by atomic mass is 14.9. The molecule has 0 bridgehead atoms. The lowest BCUT2D eigenvalue weighted by Crippen LogP contribution is -2.12. The summed E-state index contributed by atoms with van der Waals surface area (Å²) in [6, 6.07) is 4.03. The van der Waals surface area contributed by atoms with Crippen LogP contribution in [0, 0.1) is 0 Å². The number of pyridine rings is 1. The van der Waals surface area contributed by atoms with Crippen LogP contribution in [0.2, 0.25) is 0 Å². The van der Waals surface area contributed by atoms with Gasteiger partial charge >= 0.3 is 0 Å². The number of imidazole rings is 1. The Kier molecular flexibility index (Phi) is 2.59. The van der Waals surface area contributed by atoms with Crippen molar-refractivity contribution in [3.8, 4) is 0 Å². The van der Waals surface area contributed by atoms with Crippen molar-refractivity contribution in [1.82, 2.24) is 25.3 Å². The minimum Gasteiger partial charge on any atom is -0.347 e. The van der Waals surface area contributed by atoms with Crippen molar-refractivity contribution < 1.29 is 0 Å². The monoisotopic (exact) mass is 227 g/mol. The van der Waals surface area contributed by atoms with Gasteiger partial charge in [0.1, 0.15) is 5.65 Å². The lowest BCUT2D eigenvalue weighted by Gasteiger charge is -2.01. The molecule has 0 saturated carbocycles. The predicted molar refractivity (Wildman–Crippen MR) is 65.2 cm³/mol. The number of aromatic nitrogens is 4. The Morgan fingerprint density at radius 2 is 2.24 bits per heavy atom. The minimum absolute atomic E-state index is 0.785. The van der Waals surface area contributed by atoms with E-state index in [4.69, 9.17) is 0 Å². The molecule has 17 heavy (non-hydrogen) atoms. The second-order valence-corrected chi connectivity index (χ2v) is 3.89. The molecule has 3 aromatic heterocycles. The average molecular weight is 227 g/mol. The largest absolute Gasteiger partial charge is 0.347 e. The molecule has 0 aliphatic heterocycles. The maximum atomic E-state index is 4.26. The number of fused-ring (bicyclic) bond motifs is 1. The normalized spacial score (nSPS) is 11.1. The summed E-state index contributed by atoms with van der Waals surface area (Å²) in [4.78, 5) is 14.5. The molecule has 0 spiro atoms. The fourth-order valence-corrected chi connectivity index (χ4v) is 1.87. The van der Waals surface area contributed by atoms with Gasteiger partial charge in [-0.2, -0.15) is 0 Å². The zero-order valence-electron chi connectivity index (χ0n) is 9.27. The van der Waals surface area contributed by atoms with E-state index in [0.717, 1.165) is 24.4 Å². The molecule has 0 aliphatic rings. The summed E-state index contributed by atoms with van der Waals surface area (Å²) in [7, 11) is 0. The maximum Gasteiger partial charge on any atom is 0.137 e. The molecule has 0 saturated heterocycles. The summed E-state index contributed by atoms with van der Waals surface area (Å²) in [5.41, 5.74) is 3.25. The molecule has 0 fully saturated rings. The van der Waals surface area contributed by atoms with E-state index in [1.54, 1.807) is 12.5 Å². The van der Waals surface area contributed by atoms with Crippen LogP contribution < -0.4 is 5.32 Å². The van der Waals surface area contributed by atoms with E-state index in [9.17, 15) is 0 Å². The van der Waals surface area contributed by atoms with E-state index < -0.39 is 0 Å². The quantitative estimate of drug-likeness (QED) is 0.633. The first-order valence-corrected chi connectivity index (χ1v) is 5.52. The molecule has 86 valence electrons. The van der Waals surface area contributed by atoms with E-state index in [1.165, 1.54) is 10.9 Å². The van der Waals surface area contributed by atoms with Gasteiger partial charge in [-0.3, -0.25) is 0 Å². The fourth-order valence-electron chi connectivity index (χ4n) is 1.87. The number of H-pyrrole nitrogens is 2. The van der Waals surface area contributed by atoms with Crippen LogP contribution in [0.15, 0.2) is 37.1 Å². The molecule has 0 radical (unpaired) electrons. The van der Waals surface area contributed by atoms with Crippen molar-refractivity contribution in [2.75, 3.05) is 0 Å². The number of nitrogens with one attached hydrogen (secondary N) is 3. The van der Waals surface area contributed by atoms with Crippen LogP contribution in [0.25, 0.3) is 11.0 Å². The van der Waals surface area contributed by atoms with E-state index in [0.29, 0.717) is 0 Å². The molecule has 0 atom stereocenters. The van der Waals surface area contributed by atoms with Gasteiger partial charge in [0, 0.05) is 42.8 Å². The molecule has 5 nitrogen and oxygen atoms in total. The Morgan fingerprint density at radius 1 is 1.24 bits per heavy atom. The van der Waals surface area contributed by atoms with Crippen LogP contribution in [0.5, 0.6) is 0 Å². The lowest BCUT2D eigenvalue weighted by molar-refractivity contribution is 0.685. The summed E-state index contributed by atoms with van der Waals surface area (Å²) < 4.78 is 0.